The summed E-state index contributed by atoms with van der Waals surface area (Å²) in [4.78, 5) is 24.0. The lowest BCUT2D eigenvalue weighted by Crippen LogP contribution is -2.15. The van der Waals surface area contributed by atoms with E-state index in [1.54, 1.807) is 18.6 Å². The molecule has 0 bridgehead atoms. The molecular weight excluding hydrogens is 274 g/mol. The fourth-order valence-corrected chi connectivity index (χ4v) is 3.02. The maximum atomic E-state index is 12.4. The summed E-state index contributed by atoms with van der Waals surface area (Å²) < 4.78 is 2.07. The predicted octanol–water partition coefficient (Wildman–Crippen LogP) is 2.14. The third kappa shape index (κ3) is 1.67. The van der Waals surface area contributed by atoms with Crippen LogP contribution in [0.1, 0.15) is 16.1 Å². The van der Waals surface area contributed by atoms with Crippen LogP contribution in [0.15, 0.2) is 30.2 Å². The molecule has 0 aromatic carbocycles. The average molecular weight is 285 g/mol. The summed E-state index contributed by atoms with van der Waals surface area (Å²) in [6.07, 6.45) is 7.99. The molecule has 0 radical (unpaired) electrons. The van der Waals surface area contributed by atoms with Gasteiger partial charge in [-0.25, -0.2) is 9.97 Å². The van der Waals surface area contributed by atoms with Crippen molar-refractivity contribution in [3.63, 3.8) is 0 Å². The molecule has 0 fully saturated rings. The molecule has 6 nitrogen and oxygen atoms in total. The molecule has 3 aromatic heterocycles. The molecule has 4 heterocycles. The van der Waals surface area contributed by atoms with Gasteiger partial charge in [-0.2, -0.15) is 0 Å². The van der Waals surface area contributed by atoms with Crippen LogP contribution in [0.4, 0.5) is 5.13 Å². The number of nitrogens with one attached hydrogen (secondary N) is 2. The van der Waals surface area contributed by atoms with Crippen LogP contribution in [0.3, 0.4) is 0 Å². The third-order valence-electron chi connectivity index (χ3n) is 3.40. The molecule has 2 N–H and O–H groups in total. The standard InChI is InChI=1S/C13H11N5OS/c19-12(17-13-15-3-6-20-13)8-7-16-9-1-4-18-5-2-14-11(18)10(8)9/h2-3,5-7,16H,1,4H2,(H,15,17,19). The second-order valence-corrected chi connectivity index (χ2v) is 5.44. The van der Waals surface area contributed by atoms with Gasteiger partial charge < -0.3 is 9.55 Å². The van der Waals surface area contributed by atoms with Crippen molar-refractivity contribution in [3.8, 4) is 11.4 Å². The van der Waals surface area contributed by atoms with Gasteiger partial charge in [-0.1, -0.05) is 0 Å². The second kappa shape index (κ2) is 4.31. The topological polar surface area (TPSA) is 75.6 Å². The van der Waals surface area contributed by atoms with E-state index in [0.29, 0.717) is 10.7 Å². The first-order valence-corrected chi connectivity index (χ1v) is 7.13. The van der Waals surface area contributed by atoms with Crippen LogP contribution in [-0.4, -0.2) is 25.4 Å². The van der Waals surface area contributed by atoms with Gasteiger partial charge >= 0.3 is 0 Å². The Morgan fingerprint density at radius 3 is 3.20 bits per heavy atom. The van der Waals surface area contributed by atoms with Gasteiger partial charge in [0.25, 0.3) is 5.91 Å². The molecule has 0 spiro atoms. The number of nitrogens with zero attached hydrogens (tertiary/aromatic N) is 3. The summed E-state index contributed by atoms with van der Waals surface area (Å²) in [5.41, 5.74) is 2.57. The molecule has 0 atom stereocenters. The van der Waals surface area contributed by atoms with Crippen LogP contribution in [-0.2, 0) is 13.0 Å². The van der Waals surface area contributed by atoms with E-state index in [2.05, 4.69) is 24.8 Å². The van der Waals surface area contributed by atoms with E-state index >= 15 is 0 Å². The maximum Gasteiger partial charge on any atom is 0.259 e. The van der Waals surface area contributed by atoms with Gasteiger partial charge in [0.15, 0.2) is 5.13 Å². The number of carbonyl (C=O) groups is 1. The van der Waals surface area contributed by atoms with E-state index in [1.165, 1.54) is 11.3 Å². The molecule has 0 aliphatic carbocycles. The van der Waals surface area contributed by atoms with Crippen molar-refractivity contribution in [1.29, 1.82) is 0 Å². The highest BCUT2D eigenvalue weighted by Gasteiger charge is 2.25. The first-order valence-electron chi connectivity index (χ1n) is 6.25. The first-order chi connectivity index (χ1) is 9.83. The predicted molar refractivity (Wildman–Crippen MR) is 75.8 cm³/mol. The van der Waals surface area contributed by atoms with Crippen molar-refractivity contribution in [2.75, 3.05) is 5.32 Å². The molecule has 20 heavy (non-hydrogen) atoms. The van der Waals surface area contributed by atoms with Crippen LogP contribution in [0, 0.1) is 0 Å². The first kappa shape index (κ1) is 11.4. The highest BCUT2D eigenvalue weighted by atomic mass is 32.1. The number of rotatable bonds is 2. The average Bonchev–Trinajstić information content (AvgIpc) is 3.17. The van der Waals surface area contributed by atoms with Gasteiger partial charge in [-0.3, -0.25) is 10.1 Å². The van der Waals surface area contributed by atoms with Crippen molar-refractivity contribution in [2.45, 2.75) is 13.0 Å². The lowest BCUT2D eigenvalue weighted by atomic mass is 10.0. The number of hydrogen-bond acceptors (Lipinski definition) is 4. The summed E-state index contributed by atoms with van der Waals surface area (Å²) in [6.45, 7) is 0.885. The summed E-state index contributed by atoms with van der Waals surface area (Å²) in [5.74, 6) is 0.686. The molecule has 3 aromatic rings. The van der Waals surface area contributed by atoms with E-state index in [-0.39, 0.29) is 5.91 Å². The molecule has 1 aliphatic heterocycles. The lowest BCUT2D eigenvalue weighted by molar-refractivity contribution is 0.102. The van der Waals surface area contributed by atoms with Crippen LogP contribution in [0.2, 0.25) is 0 Å². The molecule has 0 saturated carbocycles. The zero-order valence-corrected chi connectivity index (χ0v) is 11.3. The highest BCUT2D eigenvalue weighted by molar-refractivity contribution is 7.13. The normalized spacial score (nSPS) is 12.8. The molecule has 1 amide bonds. The van der Waals surface area contributed by atoms with E-state index in [1.807, 2.05) is 11.6 Å². The van der Waals surface area contributed by atoms with E-state index in [4.69, 9.17) is 0 Å². The van der Waals surface area contributed by atoms with Crippen molar-refractivity contribution in [2.24, 2.45) is 0 Å². The number of aromatic nitrogens is 4. The number of anilines is 1. The number of amides is 1. The van der Waals surface area contributed by atoms with Crippen LogP contribution < -0.4 is 5.32 Å². The Bertz CT molecular complexity index is 771. The van der Waals surface area contributed by atoms with Gasteiger partial charge in [-0.05, 0) is 0 Å². The molecular formula is C13H11N5OS. The number of hydrogen-bond donors (Lipinski definition) is 2. The summed E-state index contributed by atoms with van der Waals surface area (Å²) in [7, 11) is 0. The van der Waals surface area contributed by atoms with Crippen molar-refractivity contribution >= 4 is 22.4 Å². The van der Waals surface area contributed by atoms with Gasteiger partial charge in [0.1, 0.15) is 5.82 Å². The van der Waals surface area contributed by atoms with E-state index < -0.39 is 0 Å². The van der Waals surface area contributed by atoms with Crippen LogP contribution >= 0.6 is 11.3 Å². The van der Waals surface area contributed by atoms with Crippen LogP contribution in [0.25, 0.3) is 11.4 Å². The number of aromatic amines is 1. The Morgan fingerprint density at radius 2 is 2.35 bits per heavy atom. The molecule has 4 rings (SSSR count). The quantitative estimate of drug-likeness (QED) is 0.757. The largest absolute Gasteiger partial charge is 0.364 e. The monoisotopic (exact) mass is 285 g/mol. The fourth-order valence-electron chi connectivity index (χ4n) is 2.50. The van der Waals surface area contributed by atoms with E-state index in [9.17, 15) is 4.79 Å². The number of carbonyl (C=O) groups excluding carboxylic acids is 1. The number of fused-ring (bicyclic) bond motifs is 3. The van der Waals surface area contributed by atoms with E-state index in [0.717, 1.165) is 30.0 Å². The molecule has 0 saturated heterocycles. The minimum Gasteiger partial charge on any atom is -0.364 e. The van der Waals surface area contributed by atoms with Crippen molar-refractivity contribution in [1.82, 2.24) is 19.5 Å². The van der Waals surface area contributed by atoms with Gasteiger partial charge in [0.05, 0.1) is 11.1 Å². The highest BCUT2D eigenvalue weighted by Crippen LogP contribution is 2.31. The smallest absolute Gasteiger partial charge is 0.259 e. The van der Waals surface area contributed by atoms with Gasteiger partial charge in [0.2, 0.25) is 0 Å². The number of thiazole rings is 1. The van der Waals surface area contributed by atoms with Crippen molar-refractivity contribution in [3.05, 3.63) is 41.4 Å². The van der Waals surface area contributed by atoms with Gasteiger partial charge in [-0.15, -0.1) is 11.3 Å². The SMILES string of the molecule is O=C(Nc1nccs1)c1c[nH]c2c1-c1nccn1CC2. The minimum absolute atomic E-state index is 0.158. The number of imidazole rings is 1. The fraction of sp³-hybridized carbons (Fsp3) is 0.154. The summed E-state index contributed by atoms with van der Waals surface area (Å²) in [5, 5.41) is 5.24. The Kier molecular flexibility index (Phi) is 2.46. The van der Waals surface area contributed by atoms with Crippen LogP contribution in [0.5, 0.6) is 0 Å². The van der Waals surface area contributed by atoms with Crippen molar-refractivity contribution < 1.29 is 4.79 Å². The Labute approximate surface area is 118 Å². The molecule has 0 unspecified atom stereocenters. The Hall–Kier alpha value is -2.41. The lowest BCUT2D eigenvalue weighted by Gasteiger charge is -2.15. The Morgan fingerprint density at radius 1 is 1.40 bits per heavy atom. The second-order valence-electron chi connectivity index (χ2n) is 4.54. The number of aryl methyl sites for hydroxylation is 2. The summed E-state index contributed by atoms with van der Waals surface area (Å²) in [6, 6.07) is 0. The molecule has 1 aliphatic rings. The molecule has 7 heteroatoms. The summed E-state index contributed by atoms with van der Waals surface area (Å²) >= 11 is 1.40. The zero-order valence-electron chi connectivity index (χ0n) is 10.5. The number of H-pyrrole nitrogens is 1. The third-order valence-corrected chi connectivity index (χ3v) is 4.09. The zero-order chi connectivity index (χ0) is 13.5. The van der Waals surface area contributed by atoms with Gasteiger partial charge in [0, 0.05) is 48.8 Å². The Balaban J connectivity index is 1.75. The molecule has 100 valence electrons. The maximum absolute atomic E-state index is 12.4. The minimum atomic E-state index is -0.158.